The van der Waals surface area contributed by atoms with Crippen LogP contribution in [0.25, 0.3) is 0 Å². The Morgan fingerprint density at radius 2 is 2.29 bits per heavy atom. The number of rotatable bonds is 1. The predicted molar refractivity (Wildman–Crippen MR) is 51.6 cm³/mol. The molecule has 0 aromatic heterocycles. The molecule has 2 heteroatoms. The van der Waals surface area contributed by atoms with Gasteiger partial charge in [0.25, 0.3) is 0 Å². The second-order valence-corrected chi connectivity index (χ2v) is 5.45. The first kappa shape index (κ1) is 7.89. The summed E-state index contributed by atoms with van der Waals surface area (Å²) in [6.45, 7) is 0. The Morgan fingerprint density at radius 1 is 1.43 bits per heavy atom. The lowest BCUT2D eigenvalue weighted by molar-refractivity contribution is 0.0296. The highest BCUT2D eigenvalue weighted by atomic mass is 16.5. The molecule has 3 fully saturated rings. The summed E-state index contributed by atoms with van der Waals surface area (Å²) < 4.78 is 5.84. The summed E-state index contributed by atoms with van der Waals surface area (Å²) in [7, 11) is 1.86. The van der Waals surface area contributed by atoms with E-state index in [4.69, 9.17) is 4.74 Å². The standard InChI is InChI=1S/C12H16O2/c1-14-12-7-2-3-10(12)11(12)5-4-9(13)8(11)6-7/h2-3,7-10,13H,4-6H2,1H3/t7?,8?,9-,10?,11?,12?/m0/s1. The zero-order valence-corrected chi connectivity index (χ0v) is 8.44. The van der Waals surface area contributed by atoms with Crippen LogP contribution in [-0.4, -0.2) is 23.9 Å². The molecule has 1 N–H and O–H groups in total. The number of ether oxygens (including phenoxy) is 1. The summed E-state index contributed by atoms with van der Waals surface area (Å²) >= 11 is 0. The first-order chi connectivity index (χ1) is 6.77. The summed E-state index contributed by atoms with van der Waals surface area (Å²) in [5, 5.41) is 9.98. The van der Waals surface area contributed by atoms with E-state index in [2.05, 4.69) is 12.2 Å². The average Bonchev–Trinajstić information content (AvgIpc) is 2.47. The lowest BCUT2D eigenvalue weighted by Gasteiger charge is -2.18. The molecule has 1 spiro atoms. The molecule has 0 saturated heterocycles. The molecule has 0 radical (unpaired) electrons. The van der Waals surface area contributed by atoms with Gasteiger partial charge in [0.1, 0.15) is 0 Å². The van der Waals surface area contributed by atoms with E-state index in [1.54, 1.807) is 0 Å². The summed E-state index contributed by atoms with van der Waals surface area (Å²) in [4.78, 5) is 0. The van der Waals surface area contributed by atoms with Crippen LogP contribution in [0.2, 0.25) is 0 Å². The predicted octanol–water partition coefficient (Wildman–Crippen LogP) is 1.35. The average molecular weight is 192 g/mol. The van der Waals surface area contributed by atoms with E-state index < -0.39 is 0 Å². The van der Waals surface area contributed by atoms with Crippen molar-refractivity contribution < 1.29 is 9.84 Å². The largest absolute Gasteiger partial charge is 0.393 e. The highest BCUT2D eigenvalue weighted by Crippen LogP contribution is 2.84. The maximum atomic E-state index is 9.98. The molecule has 76 valence electrons. The lowest BCUT2D eigenvalue weighted by Crippen LogP contribution is -2.23. The molecule has 0 heterocycles. The zero-order chi connectivity index (χ0) is 9.55. The lowest BCUT2D eigenvalue weighted by atomic mass is 9.90. The Morgan fingerprint density at radius 3 is 3.00 bits per heavy atom. The van der Waals surface area contributed by atoms with Crippen LogP contribution in [0.3, 0.4) is 0 Å². The van der Waals surface area contributed by atoms with Crippen molar-refractivity contribution >= 4 is 0 Å². The number of hydrogen-bond donors (Lipinski definition) is 1. The number of aliphatic hydroxyl groups excluding tert-OH is 1. The molecule has 5 unspecified atom stereocenters. The first-order valence-corrected chi connectivity index (χ1v) is 5.69. The van der Waals surface area contributed by atoms with Crippen molar-refractivity contribution in [3.05, 3.63) is 12.2 Å². The minimum atomic E-state index is -0.0561. The SMILES string of the molecule is COC12C3C=CC1C21CC[C@H](O)C1C3. The number of hydrogen-bond acceptors (Lipinski definition) is 2. The summed E-state index contributed by atoms with van der Waals surface area (Å²) in [6.07, 6.45) is 7.95. The van der Waals surface area contributed by atoms with E-state index in [-0.39, 0.29) is 11.7 Å². The number of methoxy groups -OCH3 is 1. The Kier molecular flexibility index (Phi) is 1.10. The van der Waals surface area contributed by atoms with E-state index in [0.29, 0.717) is 23.2 Å². The smallest absolute Gasteiger partial charge is 0.0876 e. The molecule has 0 amide bonds. The van der Waals surface area contributed by atoms with Crippen LogP contribution in [-0.2, 0) is 4.74 Å². The summed E-state index contributed by atoms with van der Waals surface area (Å²) in [5.74, 6) is 1.74. The highest BCUT2D eigenvalue weighted by Gasteiger charge is 2.88. The van der Waals surface area contributed by atoms with Crippen molar-refractivity contribution in [2.75, 3.05) is 7.11 Å². The fourth-order valence-electron chi connectivity index (χ4n) is 5.21. The van der Waals surface area contributed by atoms with Gasteiger partial charge in [-0.15, -0.1) is 0 Å². The fourth-order valence-corrected chi connectivity index (χ4v) is 5.21. The fraction of sp³-hybridized carbons (Fsp3) is 0.833. The monoisotopic (exact) mass is 192 g/mol. The second kappa shape index (κ2) is 1.96. The topological polar surface area (TPSA) is 29.5 Å². The van der Waals surface area contributed by atoms with Gasteiger partial charge in [0, 0.05) is 24.4 Å². The molecule has 14 heavy (non-hydrogen) atoms. The maximum absolute atomic E-state index is 9.98. The molecule has 4 aliphatic rings. The van der Waals surface area contributed by atoms with E-state index in [9.17, 15) is 5.11 Å². The molecule has 0 aromatic rings. The molecular formula is C12H16O2. The number of aliphatic hydroxyl groups is 1. The van der Waals surface area contributed by atoms with Gasteiger partial charge >= 0.3 is 0 Å². The van der Waals surface area contributed by atoms with Gasteiger partial charge in [0.05, 0.1) is 11.7 Å². The molecule has 4 rings (SSSR count). The zero-order valence-electron chi connectivity index (χ0n) is 8.44. The normalized spacial score (nSPS) is 67.0. The Hall–Kier alpha value is -0.340. The molecular weight excluding hydrogens is 176 g/mol. The summed E-state index contributed by atoms with van der Waals surface area (Å²) in [6, 6.07) is 0. The Balaban J connectivity index is 1.87. The van der Waals surface area contributed by atoms with E-state index in [1.165, 1.54) is 6.42 Å². The van der Waals surface area contributed by atoms with Crippen LogP contribution in [0.1, 0.15) is 19.3 Å². The van der Waals surface area contributed by atoms with Crippen LogP contribution >= 0.6 is 0 Å². The van der Waals surface area contributed by atoms with Crippen LogP contribution < -0.4 is 0 Å². The molecule has 3 saturated carbocycles. The molecule has 0 aliphatic heterocycles. The van der Waals surface area contributed by atoms with Crippen LogP contribution in [0.4, 0.5) is 0 Å². The van der Waals surface area contributed by atoms with Gasteiger partial charge in [0.15, 0.2) is 0 Å². The molecule has 0 aromatic carbocycles. The minimum Gasteiger partial charge on any atom is -0.393 e. The minimum absolute atomic E-state index is 0.0561. The van der Waals surface area contributed by atoms with Crippen molar-refractivity contribution in [3.8, 4) is 0 Å². The van der Waals surface area contributed by atoms with E-state index >= 15 is 0 Å². The molecule has 4 aliphatic carbocycles. The van der Waals surface area contributed by atoms with Crippen molar-refractivity contribution in [2.45, 2.75) is 31.0 Å². The molecule has 0 bridgehead atoms. The van der Waals surface area contributed by atoms with Gasteiger partial charge in [0.2, 0.25) is 0 Å². The third kappa shape index (κ3) is 0.478. The van der Waals surface area contributed by atoms with Crippen molar-refractivity contribution in [1.82, 2.24) is 0 Å². The van der Waals surface area contributed by atoms with Gasteiger partial charge in [-0.2, -0.15) is 0 Å². The van der Waals surface area contributed by atoms with Crippen LogP contribution in [0, 0.1) is 23.2 Å². The quantitative estimate of drug-likeness (QED) is 0.635. The highest BCUT2D eigenvalue weighted by molar-refractivity contribution is 5.45. The molecule has 6 atom stereocenters. The summed E-state index contributed by atoms with van der Waals surface area (Å²) in [5.41, 5.74) is 0.468. The van der Waals surface area contributed by atoms with Crippen molar-refractivity contribution in [1.29, 1.82) is 0 Å². The van der Waals surface area contributed by atoms with Gasteiger partial charge in [-0.25, -0.2) is 0 Å². The van der Waals surface area contributed by atoms with E-state index in [0.717, 1.165) is 12.8 Å². The maximum Gasteiger partial charge on any atom is 0.0876 e. The van der Waals surface area contributed by atoms with Gasteiger partial charge in [-0.3, -0.25) is 0 Å². The van der Waals surface area contributed by atoms with Gasteiger partial charge in [-0.1, -0.05) is 12.2 Å². The third-order valence-corrected chi connectivity index (χ3v) is 5.57. The Bertz CT molecular complexity index is 337. The van der Waals surface area contributed by atoms with E-state index in [1.807, 2.05) is 7.11 Å². The van der Waals surface area contributed by atoms with Crippen molar-refractivity contribution in [3.63, 3.8) is 0 Å². The van der Waals surface area contributed by atoms with Gasteiger partial charge in [-0.05, 0) is 25.2 Å². The van der Waals surface area contributed by atoms with Crippen LogP contribution in [0.5, 0.6) is 0 Å². The molecule has 2 nitrogen and oxygen atoms in total. The third-order valence-electron chi connectivity index (χ3n) is 5.57. The second-order valence-electron chi connectivity index (χ2n) is 5.45. The van der Waals surface area contributed by atoms with Crippen molar-refractivity contribution in [2.24, 2.45) is 23.2 Å². The van der Waals surface area contributed by atoms with Crippen LogP contribution in [0.15, 0.2) is 12.2 Å². The first-order valence-electron chi connectivity index (χ1n) is 5.69. The van der Waals surface area contributed by atoms with Gasteiger partial charge < -0.3 is 9.84 Å². The Labute approximate surface area is 83.9 Å².